The van der Waals surface area contributed by atoms with Crippen LogP contribution in [-0.4, -0.2) is 28.8 Å². The van der Waals surface area contributed by atoms with E-state index in [4.69, 9.17) is 0 Å². The summed E-state index contributed by atoms with van der Waals surface area (Å²) in [6.45, 7) is 6.27. The lowest BCUT2D eigenvalue weighted by molar-refractivity contribution is 0.664. The van der Waals surface area contributed by atoms with E-state index in [0.717, 1.165) is 37.4 Å². The van der Waals surface area contributed by atoms with E-state index in [9.17, 15) is 4.21 Å². The molecule has 2 nitrogen and oxygen atoms in total. The first-order valence-corrected chi connectivity index (χ1v) is 6.85. The predicted octanol–water partition coefficient (Wildman–Crippen LogP) is 1.92. The van der Waals surface area contributed by atoms with Gasteiger partial charge in [0.25, 0.3) is 0 Å². The largest absolute Gasteiger partial charge is 0.316 e. The van der Waals surface area contributed by atoms with Crippen molar-refractivity contribution in [3.8, 4) is 0 Å². The Labute approximate surface area is 84.9 Å². The minimum atomic E-state index is -0.587. The van der Waals surface area contributed by atoms with Gasteiger partial charge in [-0.2, -0.15) is 0 Å². The van der Waals surface area contributed by atoms with Crippen molar-refractivity contribution < 1.29 is 4.21 Å². The summed E-state index contributed by atoms with van der Waals surface area (Å²) in [5.41, 5.74) is 0. The Morgan fingerprint density at radius 2 is 1.77 bits per heavy atom. The van der Waals surface area contributed by atoms with E-state index < -0.39 is 10.8 Å². The maximum absolute atomic E-state index is 11.4. The molecule has 0 heterocycles. The molecule has 0 aromatic rings. The molecule has 0 fully saturated rings. The highest BCUT2D eigenvalue weighted by Crippen LogP contribution is 1.96. The Bertz CT molecular complexity index is 128. The van der Waals surface area contributed by atoms with Crippen molar-refractivity contribution in [3.05, 3.63) is 0 Å². The minimum Gasteiger partial charge on any atom is -0.316 e. The first-order valence-electron chi connectivity index (χ1n) is 5.37. The Hall–Kier alpha value is 0.110. The lowest BCUT2D eigenvalue weighted by Crippen LogP contribution is -2.21. The van der Waals surface area contributed by atoms with Crippen LogP contribution in [0.5, 0.6) is 0 Å². The van der Waals surface area contributed by atoms with Gasteiger partial charge in [-0.25, -0.2) is 0 Å². The second kappa shape index (κ2) is 10.2. The van der Waals surface area contributed by atoms with Crippen molar-refractivity contribution in [3.63, 3.8) is 0 Å². The van der Waals surface area contributed by atoms with Crippen LogP contribution in [0.3, 0.4) is 0 Å². The van der Waals surface area contributed by atoms with Gasteiger partial charge in [-0.15, -0.1) is 0 Å². The highest BCUT2D eigenvalue weighted by Gasteiger charge is 1.97. The van der Waals surface area contributed by atoms with E-state index in [2.05, 4.69) is 19.2 Å². The molecule has 0 aromatic carbocycles. The molecule has 0 aromatic heterocycles. The smallest absolute Gasteiger partial charge is 0.0360 e. The predicted molar refractivity (Wildman–Crippen MR) is 60.6 cm³/mol. The SMILES string of the molecule is CCCCCS(=O)CCNCCC. The van der Waals surface area contributed by atoms with Crippen molar-refractivity contribution in [2.24, 2.45) is 0 Å². The van der Waals surface area contributed by atoms with Gasteiger partial charge in [-0.3, -0.25) is 4.21 Å². The van der Waals surface area contributed by atoms with Crippen LogP contribution in [0.15, 0.2) is 0 Å². The summed E-state index contributed by atoms with van der Waals surface area (Å²) in [5, 5.41) is 3.26. The van der Waals surface area contributed by atoms with Crippen LogP contribution < -0.4 is 5.32 Å². The zero-order valence-electron chi connectivity index (χ0n) is 8.97. The second-order valence-corrected chi connectivity index (χ2v) is 5.00. The molecule has 0 aliphatic rings. The monoisotopic (exact) mass is 205 g/mol. The normalized spacial score (nSPS) is 13.1. The van der Waals surface area contributed by atoms with E-state index in [1.807, 2.05) is 0 Å². The maximum atomic E-state index is 11.4. The summed E-state index contributed by atoms with van der Waals surface area (Å²) in [5.74, 6) is 1.71. The highest BCUT2D eigenvalue weighted by atomic mass is 32.2. The number of rotatable bonds is 9. The third kappa shape index (κ3) is 10.0. The van der Waals surface area contributed by atoms with Gasteiger partial charge in [0.15, 0.2) is 0 Å². The molecule has 0 aliphatic carbocycles. The molecule has 0 saturated heterocycles. The zero-order valence-corrected chi connectivity index (χ0v) is 9.79. The first kappa shape index (κ1) is 13.1. The van der Waals surface area contributed by atoms with Gasteiger partial charge in [-0.05, 0) is 19.4 Å². The number of hydrogen-bond acceptors (Lipinski definition) is 2. The van der Waals surface area contributed by atoms with E-state index in [1.54, 1.807) is 0 Å². The van der Waals surface area contributed by atoms with Crippen LogP contribution >= 0.6 is 0 Å². The van der Waals surface area contributed by atoms with Gasteiger partial charge >= 0.3 is 0 Å². The molecular weight excluding hydrogens is 182 g/mol. The second-order valence-electron chi connectivity index (χ2n) is 3.31. The Balaban J connectivity index is 3.11. The first-order chi connectivity index (χ1) is 6.31. The van der Waals surface area contributed by atoms with Crippen LogP contribution in [0.1, 0.15) is 39.5 Å². The minimum absolute atomic E-state index is 0.587. The molecule has 0 spiro atoms. The summed E-state index contributed by atoms with van der Waals surface area (Å²) in [7, 11) is -0.587. The summed E-state index contributed by atoms with van der Waals surface area (Å²) in [6, 6.07) is 0. The topological polar surface area (TPSA) is 29.1 Å². The van der Waals surface area contributed by atoms with Crippen molar-refractivity contribution in [1.29, 1.82) is 0 Å². The molecule has 0 rings (SSSR count). The Kier molecular flexibility index (Phi) is 10.3. The van der Waals surface area contributed by atoms with Gasteiger partial charge in [0, 0.05) is 28.9 Å². The molecule has 0 amide bonds. The van der Waals surface area contributed by atoms with Gasteiger partial charge in [0.05, 0.1) is 0 Å². The molecule has 13 heavy (non-hydrogen) atoms. The summed E-state index contributed by atoms with van der Waals surface area (Å²) >= 11 is 0. The Morgan fingerprint density at radius 1 is 1.00 bits per heavy atom. The van der Waals surface area contributed by atoms with Gasteiger partial charge in [0.1, 0.15) is 0 Å². The third-order valence-electron chi connectivity index (χ3n) is 1.91. The van der Waals surface area contributed by atoms with Crippen molar-refractivity contribution >= 4 is 10.8 Å². The van der Waals surface area contributed by atoms with Crippen molar-refractivity contribution in [1.82, 2.24) is 5.32 Å². The van der Waals surface area contributed by atoms with Crippen LogP contribution in [0.4, 0.5) is 0 Å². The number of unbranched alkanes of at least 4 members (excludes halogenated alkanes) is 2. The lowest BCUT2D eigenvalue weighted by atomic mass is 10.3. The van der Waals surface area contributed by atoms with Gasteiger partial charge in [-0.1, -0.05) is 26.7 Å². The van der Waals surface area contributed by atoms with Gasteiger partial charge < -0.3 is 5.32 Å². The molecule has 0 bridgehead atoms. The fraction of sp³-hybridized carbons (Fsp3) is 1.00. The highest BCUT2D eigenvalue weighted by molar-refractivity contribution is 7.84. The quantitative estimate of drug-likeness (QED) is 0.583. The van der Waals surface area contributed by atoms with Crippen LogP contribution in [0.2, 0.25) is 0 Å². The molecule has 1 N–H and O–H groups in total. The third-order valence-corrected chi connectivity index (χ3v) is 3.31. The van der Waals surface area contributed by atoms with Gasteiger partial charge in [0.2, 0.25) is 0 Å². The van der Waals surface area contributed by atoms with Crippen molar-refractivity contribution in [2.45, 2.75) is 39.5 Å². The average Bonchev–Trinajstić information content (AvgIpc) is 2.13. The number of nitrogens with one attached hydrogen (secondary N) is 1. The molecule has 0 radical (unpaired) electrons. The summed E-state index contributed by atoms with van der Waals surface area (Å²) < 4.78 is 11.4. The van der Waals surface area contributed by atoms with Crippen molar-refractivity contribution in [2.75, 3.05) is 24.6 Å². The fourth-order valence-electron chi connectivity index (χ4n) is 1.10. The standard InChI is InChI=1S/C10H23NOS/c1-3-5-6-9-13(12)10-8-11-7-4-2/h11H,3-10H2,1-2H3. The van der Waals surface area contributed by atoms with Crippen LogP contribution in [0, 0.1) is 0 Å². The number of hydrogen-bond donors (Lipinski definition) is 1. The molecule has 80 valence electrons. The van der Waals surface area contributed by atoms with Crippen LogP contribution in [0.25, 0.3) is 0 Å². The molecule has 1 atom stereocenters. The average molecular weight is 205 g/mol. The van der Waals surface area contributed by atoms with E-state index in [0.29, 0.717) is 0 Å². The zero-order chi connectivity index (χ0) is 9.94. The molecule has 1 unspecified atom stereocenters. The molecule has 0 saturated carbocycles. The Morgan fingerprint density at radius 3 is 2.38 bits per heavy atom. The van der Waals surface area contributed by atoms with E-state index >= 15 is 0 Å². The summed E-state index contributed by atoms with van der Waals surface area (Å²) in [6.07, 6.45) is 4.71. The maximum Gasteiger partial charge on any atom is 0.0360 e. The summed E-state index contributed by atoms with van der Waals surface area (Å²) in [4.78, 5) is 0. The molecule has 0 aliphatic heterocycles. The molecule has 3 heteroatoms. The lowest BCUT2D eigenvalue weighted by Gasteiger charge is -2.02. The fourth-order valence-corrected chi connectivity index (χ4v) is 2.21. The molecular formula is C10H23NOS. The van der Waals surface area contributed by atoms with E-state index in [-0.39, 0.29) is 0 Å². The van der Waals surface area contributed by atoms with E-state index in [1.165, 1.54) is 12.8 Å². The van der Waals surface area contributed by atoms with Crippen LogP contribution in [-0.2, 0) is 10.8 Å².